The van der Waals surface area contributed by atoms with Gasteiger partial charge in [-0.2, -0.15) is 10.4 Å². The van der Waals surface area contributed by atoms with Crippen molar-refractivity contribution in [2.75, 3.05) is 12.8 Å². The fourth-order valence-electron chi connectivity index (χ4n) is 3.08. The molecule has 0 saturated heterocycles. The molecule has 146 valence electrons. The van der Waals surface area contributed by atoms with Crippen molar-refractivity contribution in [3.05, 3.63) is 53.6 Å². The van der Waals surface area contributed by atoms with Gasteiger partial charge in [-0.05, 0) is 31.2 Å². The summed E-state index contributed by atoms with van der Waals surface area (Å²) in [5.41, 5.74) is 7.93. The van der Waals surface area contributed by atoms with E-state index in [1.54, 1.807) is 23.6 Å². The number of nitriles is 1. The highest BCUT2D eigenvalue weighted by atomic mass is 19.3. The number of hydrogen-bond acceptors (Lipinski definition) is 6. The van der Waals surface area contributed by atoms with Crippen molar-refractivity contribution in [2.45, 2.75) is 13.3 Å². The molecule has 3 aromatic heterocycles. The summed E-state index contributed by atoms with van der Waals surface area (Å²) in [5.74, 6) is 0.762. The van der Waals surface area contributed by atoms with E-state index >= 15 is 0 Å². The largest absolute Gasteiger partial charge is 0.495 e. The number of nitrogen functional groups attached to an aromatic ring is 1. The lowest BCUT2D eigenvalue weighted by molar-refractivity contribution is 0.150. The number of anilines is 1. The topological polar surface area (TPSA) is 108 Å². The fourth-order valence-corrected chi connectivity index (χ4v) is 3.08. The van der Waals surface area contributed by atoms with E-state index in [9.17, 15) is 8.78 Å². The molecule has 29 heavy (non-hydrogen) atoms. The van der Waals surface area contributed by atoms with Gasteiger partial charge in [0.1, 0.15) is 24.0 Å². The highest BCUT2D eigenvalue weighted by molar-refractivity contribution is 5.84. The second-order valence-corrected chi connectivity index (χ2v) is 6.27. The molecule has 0 unspecified atom stereocenters. The van der Waals surface area contributed by atoms with Gasteiger partial charge >= 0.3 is 0 Å². The van der Waals surface area contributed by atoms with E-state index in [1.165, 1.54) is 36.3 Å². The number of ether oxygens (including phenoxy) is 1. The predicted octanol–water partition coefficient (Wildman–Crippen LogP) is 3.31. The quantitative estimate of drug-likeness (QED) is 0.531. The Balaban J connectivity index is 1.93. The zero-order valence-electron chi connectivity index (χ0n) is 15.5. The van der Waals surface area contributed by atoms with Crippen LogP contribution >= 0.6 is 0 Å². The second-order valence-electron chi connectivity index (χ2n) is 6.27. The van der Waals surface area contributed by atoms with E-state index in [0.717, 1.165) is 0 Å². The maximum absolute atomic E-state index is 13.6. The first-order valence-corrected chi connectivity index (χ1v) is 8.50. The molecule has 1 aromatic carbocycles. The van der Waals surface area contributed by atoms with Crippen LogP contribution in [0, 0.1) is 18.3 Å². The number of aromatic nitrogens is 5. The number of pyridine rings is 1. The number of nitrogens with zero attached hydrogens (tertiary/aromatic N) is 6. The SMILES string of the molecule is COc1cc2c(cc1N)ncn2-c1ccc(C(F)F)c(-n2nc(C#N)cc2C)n1. The predicted molar refractivity (Wildman–Crippen MR) is 101 cm³/mol. The normalized spacial score (nSPS) is 11.2. The van der Waals surface area contributed by atoms with E-state index in [4.69, 9.17) is 15.7 Å². The molecule has 0 bridgehead atoms. The van der Waals surface area contributed by atoms with Crippen molar-refractivity contribution >= 4 is 16.7 Å². The Hall–Kier alpha value is -4.00. The summed E-state index contributed by atoms with van der Waals surface area (Å²) in [6.45, 7) is 1.66. The van der Waals surface area contributed by atoms with Crippen molar-refractivity contribution in [1.29, 1.82) is 5.26 Å². The van der Waals surface area contributed by atoms with Gasteiger partial charge in [-0.3, -0.25) is 4.57 Å². The second kappa shape index (κ2) is 6.87. The van der Waals surface area contributed by atoms with E-state index in [0.29, 0.717) is 34.0 Å². The van der Waals surface area contributed by atoms with Crippen LogP contribution in [0.25, 0.3) is 22.7 Å². The van der Waals surface area contributed by atoms with Gasteiger partial charge < -0.3 is 10.5 Å². The van der Waals surface area contributed by atoms with Gasteiger partial charge in [0.15, 0.2) is 11.5 Å². The Labute approximate surface area is 163 Å². The van der Waals surface area contributed by atoms with Gasteiger partial charge in [0.2, 0.25) is 0 Å². The molecule has 0 saturated carbocycles. The van der Waals surface area contributed by atoms with Crippen molar-refractivity contribution in [1.82, 2.24) is 24.3 Å². The molecule has 0 spiro atoms. The smallest absolute Gasteiger partial charge is 0.267 e. The number of methoxy groups -OCH3 is 1. The molecule has 0 aliphatic carbocycles. The van der Waals surface area contributed by atoms with Crippen LogP contribution in [0.1, 0.15) is 23.4 Å². The van der Waals surface area contributed by atoms with Crippen LogP contribution in [-0.2, 0) is 0 Å². The molecule has 4 aromatic rings. The highest BCUT2D eigenvalue weighted by Gasteiger charge is 2.20. The number of aryl methyl sites for hydroxylation is 1. The molecule has 0 radical (unpaired) electrons. The molecular formula is C19H15F2N7O. The summed E-state index contributed by atoms with van der Waals surface area (Å²) in [4.78, 5) is 8.71. The van der Waals surface area contributed by atoms with Crippen LogP contribution in [0.3, 0.4) is 0 Å². The van der Waals surface area contributed by atoms with Crippen molar-refractivity contribution in [3.8, 4) is 23.5 Å². The summed E-state index contributed by atoms with van der Waals surface area (Å²) in [6.07, 6.45) is -1.24. The molecule has 4 rings (SSSR count). The number of nitrogens with two attached hydrogens (primary N) is 1. The zero-order chi connectivity index (χ0) is 20.7. The fraction of sp³-hybridized carbons (Fsp3) is 0.158. The summed E-state index contributed by atoms with van der Waals surface area (Å²) < 4.78 is 35.4. The molecule has 0 aliphatic heterocycles. The van der Waals surface area contributed by atoms with E-state index in [2.05, 4.69) is 15.1 Å². The van der Waals surface area contributed by atoms with Gasteiger partial charge in [-0.25, -0.2) is 23.4 Å². The van der Waals surface area contributed by atoms with Crippen LogP contribution < -0.4 is 10.5 Å². The van der Waals surface area contributed by atoms with Crippen LogP contribution in [0.2, 0.25) is 0 Å². The Morgan fingerprint density at radius 1 is 1.24 bits per heavy atom. The molecular weight excluding hydrogens is 380 g/mol. The lowest BCUT2D eigenvalue weighted by atomic mass is 10.2. The van der Waals surface area contributed by atoms with Crippen molar-refractivity contribution in [3.63, 3.8) is 0 Å². The van der Waals surface area contributed by atoms with Gasteiger partial charge in [-0.15, -0.1) is 0 Å². The average Bonchev–Trinajstić information content (AvgIpc) is 3.29. The summed E-state index contributed by atoms with van der Waals surface area (Å²) >= 11 is 0. The molecule has 8 nitrogen and oxygen atoms in total. The van der Waals surface area contributed by atoms with Crippen molar-refractivity contribution < 1.29 is 13.5 Å². The summed E-state index contributed by atoms with van der Waals surface area (Å²) in [5, 5.41) is 13.1. The average molecular weight is 395 g/mol. The molecule has 2 N–H and O–H groups in total. The number of hydrogen-bond donors (Lipinski definition) is 1. The van der Waals surface area contributed by atoms with Gasteiger partial charge in [0, 0.05) is 11.8 Å². The Bertz CT molecular complexity index is 1270. The first kappa shape index (κ1) is 18.4. The minimum Gasteiger partial charge on any atom is -0.495 e. The summed E-state index contributed by atoms with van der Waals surface area (Å²) in [7, 11) is 1.50. The van der Waals surface area contributed by atoms with Crippen LogP contribution in [0.4, 0.5) is 14.5 Å². The van der Waals surface area contributed by atoms with Gasteiger partial charge in [-0.1, -0.05) is 0 Å². The highest BCUT2D eigenvalue weighted by Crippen LogP contribution is 2.30. The lowest BCUT2D eigenvalue weighted by Gasteiger charge is -2.13. The van der Waals surface area contributed by atoms with Crippen LogP contribution in [-0.4, -0.2) is 31.4 Å². The number of rotatable bonds is 4. The first-order valence-electron chi connectivity index (χ1n) is 8.50. The number of halogens is 2. The number of imidazole rings is 1. The van der Waals surface area contributed by atoms with E-state index in [1.807, 2.05) is 6.07 Å². The van der Waals surface area contributed by atoms with Crippen LogP contribution in [0.5, 0.6) is 5.75 Å². The summed E-state index contributed by atoms with van der Waals surface area (Å²) in [6, 6.07) is 9.53. The molecule has 0 amide bonds. The van der Waals surface area contributed by atoms with E-state index in [-0.39, 0.29) is 17.1 Å². The zero-order valence-corrected chi connectivity index (χ0v) is 15.5. The standard InChI is InChI=1S/C19H15F2N7O/c1-10-5-11(8-22)26-28(10)19-12(18(20)21)3-4-17(25-19)27-9-24-14-6-13(23)16(29-2)7-15(14)27/h3-7,9,18H,23H2,1-2H3. The minimum atomic E-state index is -2.76. The minimum absolute atomic E-state index is 0.0549. The Kier molecular flexibility index (Phi) is 4.35. The lowest BCUT2D eigenvalue weighted by Crippen LogP contribution is -2.09. The maximum Gasteiger partial charge on any atom is 0.267 e. The number of alkyl halides is 2. The van der Waals surface area contributed by atoms with Crippen molar-refractivity contribution in [2.24, 2.45) is 0 Å². The third-order valence-electron chi connectivity index (χ3n) is 4.47. The Morgan fingerprint density at radius 2 is 2.03 bits per heavy atom. The molecule has 0 atom stereocenters. The molecule has 10 heteroatoms. The first-order chi connectivity index (χ1) is 13.9. The third kappa shape index (κ3) is 3.02. The van der Waals surface area contributed by atoms with E-state index < -0.39 is 6.43 Å². The monoisotopic (exact) mass is 395 g/mol. The van der Waals surface area contributed by atoms with Crippen LogP contribution in [0.15, 0.2) is 36.7 Å². The molecule has 0 fully saturated rings. The third-order valence-corrected chi connectivity index (χ3v) is 4.47. The van der Waals surface area contributed by atoms with Gasteiger partial charge in [0.05, 0.1) is 29.4 Å². The number of fused-ring (bicyclic) bond motifs is 1. The maximum atomic E-state index is 13.6. The Morgan fingerprint density at radius 3 is 2.69 bits per heavy atom. The molecule has 0 aliphatic rings. The molecule has 3 heterocycles. The number of benzene rings is 1. The van der Waals surface area contributed by atoms with Gasteiger partial charge in [0.25, 0.3) is 6.43 Å².